The van der Waals surface area contributed by atoms with Gasteiger partial charge in [-0.15, -0.1) is 0 Å². The Morgan fingerprint density at radius 2 is 2.16 bits per heavy atom. The molecule has 0 saturated heterocycles. The highest BCUT2D eigenvalue weighted by molar-refractivity contribution is 6.30. The summed E-state index contributed by atoms with van der Waals surface area (Å²) in [5, 5.41) is 7.60. The largest absolute Gasteiger partial charge is 0.463 e. The van der Waals surface area contributed by atoms with Gasteiger partial charge >= 0.3 is 6.01 Å². The average molecular weight is 283 g/mol. The van der Waals surface area contributed by atoms with E-state index in [-0.39, 0.29) is 6.01 Å². The van der Waals surface area contributed by atoms with Crippen molar-refractivity contribution in [3.05, 3.63) is 17.4 Å². The first-order chi connectivity index (χ1) is 9.22. The van der Waals surface area contributed by atoms with Crippen LogP contribution in [-0.2, 0) is 0 Å². The molecule has 0 fully saturated rings. The highest BCUT2D eigenvalue weighted by Crippen LogP contribution is 2.13. The van der Waals surface area contributed by atoms with E-state index in [9.17, 15) is 0 Å². The summed E-state index contributed by atoms with van der Waals surface area (Å²) in [6.07, 6.45) is 4.02. The molecule has 0 aliphatic carbocycles. The molecular formula is C11H15ClN6O. The first-order valence-electron chi connectivity index (χ1n) is 6.06. The summed E-state index contributed by atoms with van der Waals surface area (Å²) >= 11 is 5.83. The smallest absolute Gasteiger partial charge is 0.323 e. The second-order valence-corrected chi connectivity index (χ2v) is 4.16. The summed E-state index contributed by atoms with van der Waals surface area (Å²) < 4.78 is 6.91. The fourth-order valence-electron chi connectivity index (χ4n) is 1.35. The minimum Gasteiger partial charge on any atom is -0.463 e. The summed E-state index contributed by atoms with van der Waals surface area (Å²) in [5.74, 6) is 0.814. The quantitative estimate of drug-likeness (QED) is 0.872. The number of halogens is 1. The van der Waals surface area contributed by atoms with Crippen molar-refractivity contribution in [1.29, 1.82) is 0 Å². The minimum atomic E-state index is 0.273. The van der Waals surface area contributed by atoms with E-state index in [1.807, 2.05) is 13.8 Å². The molecule has 102 valence electrons. The van der Waals surface area contributed by atoms with Crippen LogP contribution >= 0.6 is 11.6 Å². The Morgan fingerprint density at radius 3 is 2.79 bits per heavy atom. The van der Waals surface area contributed by atoms with Crippen LogP contribution in [0.25, 0.3) is 5.95 Å². The van der Waals surface area contributed by atoms with Crippen molar-refractivity contribution >= 4 is 17.5 Å². The fraction of sp³-hybridized carbons (Fsp3) is 0.455. The Bertz CT molecular complexity index is 544. The Balaban J connectivity index is 2.33. The number of aromatic nitrogens is 5. The van der Waals surface area contributed by atoms with Crippen LogP contribution in [0.15, 0.2) is 12.4 Å². The van der Waals surface area contributed by atoms with Gasteiger partial charge < -0.3 is 10.1 Å². The van der Waals surface area contributed by atoms with Gasteiger partial charge in [-0.3, -0.25) is 0 Å². The Hall–Kier alpha value is -1.89. The lowest BCUT2D eigenvalue weighted by molar-refractivity contribution is 0.291. The van der Waals surface area contributed by atoms with Crippen molar-refractivity contribution < 1.29 is 4.74 Å². The van der Waals surface area contributed by atoms with Crippen LogP contribution < -0.4 is 10.1 Å². The molecule has 2 aromatic heterocycles. The standard InChI is InChI=1S/C11H15ClN6O/c1-3-5-19-11-16-9(13-4-2)15-10(17-11)18-7-8(12)6-14-18/h6-7H,3-5H2,1-2H3,(H,13,15,16,17). The molecule has 0 bridgehead atoms. The SMILES string of the molecule is CCCOc1nc(NCC)nc(-n2cc(Cl)cn2)n1. The van der Waals surface area contributed by atoms with Gasteiger partial charge in [0.05, 0.1) is 24.0 Å². The Labute approximate surface area is 116 Å². The van der Waals surface area contributed by atoms with Gasteiger partial charge in [0.1, 0.15) is 0 Å². The van der Waals surface area contributed by atoms with E-state index in [1.54, 1.807) is 6.20 Å². The number of nitrogens with zero attached hydrogens (tertiary/aromatic N) is 5. The van der Waals surface area contributed by atoms with Crippen molar-refractivity contribution in [3.63, 3.8) is 0 Å². The van der Waals surface area contributed by atoms with Crippen molar-refractivity contribution in [2.75, 3.05) is 18.5 Å². The molecule has 2 heterocycles. The molecule has 7 nitrogen and oxygen atoms in total. The number of anilines is 1. The molecule has 0 aromatic carbocycles. The zero-order valence-electron chi connectivity index (χ0n) is 10.8. The van der Waals surface area contributed by atoms with Gasteiger partial charge in [0.2, 0.25) is 5.95 Å². The normalized spacial score (nSPS) is 10.5. The van der Waals surface area contributed by atoms with E-state index in [0.29, 0.717) is 30.1 Å². The van der Waals surface area contributed by atoms with E-state index >= 15 is 0 Å². The Kier molecular flexibility index (Phi) is 4.51. The van der Waals surface area contributed by atoms with Crippen molar-refractivity contribution in [2.24, 2.45) is 0 Å². The summed E-state index contributed by atoms with van der Waals surface area (Å²) in [6, 6.07) is 0.273. The van der Waals surface area contributed by atoms with Gasteiger partial charge in [-0.1, -0.05) is 18.5 Å². The number of nitrogens with one attached hydrogen (secondary N) is 1. The van der Waals surface area contributed by atoms with E-state index < -0.39 is 0 Å². The molecule has 2 rings (SSSR count). The number of ether oxygens (including phenoxy) is 1. The monoisotopic (exact) mass is 282 g/mol. The maximum Gasteiger partial charge on any atom is 0.323 e. The second kappa shape index (κ2) is 6.33. The maximum absolute atomic E-state index is 5.83. The van der Waals surface area contributed by atoms with E-state index in [0.717, 1.165) is 6.42 Å². The zero-order valence-corrected chi connectivity index (χ0v) is 11.6. The number of rotatable bonds is 6. The predicted molar refractivity (Wildman–Crippen MR) is 71.9 cm³/mol. The molecule has 0 amide bonds. The third-order valence-corrected chi connectivity index (χ3v) is 2.32. The van der Waals surface area contributed by atoms with Crippen LogP contribution in [0.2, 0.25) is 5.02 Å². The van der Waals surface area contributed by atoms with E-state index in [2.05, 4.69) is 25.4 Å². The Morgan fingerprint density at radius 1 is 1.32 bits per heavy atom. The van der Waals surface area contributed by atoms with Crippen LogP contribution in [-0.4, -0.2) is 37.9 Å². The van der Waals surface area contributed by atoms with E-state index in [1.165, 1.54) is 10.9 Å². The number of hydrogen-bond acceptors (Lipinski definition) is 6. The average Bonchev–Trinajstić information content (AvgIpc) is 2.83. The van der Waals surface area contributed by atoms with Gasteiger partial charge in [0, 0.05) is 6.54 Å². The van der Waals surface area contributed by atoms with Crippen LogP contribution in [0, 0.1) is 0 Å². The fourth-order valence-corrected chi connectivity index (χ4v) is 1.49. The van der Waals surface area contributed by atoms with Gasteiger partial charge in [-0.25, -0.2) is 4.68 Å². The van der Waals surface area contributed by atoms with Gasteiger partial charge in [-0.2, -0.15) is 20.1 Å². The van der Waals surface area contributed by atoms with Gasteiger partial charge in [-0.05, 0) is 13.3 Å². The molecule has 19 heavy (non-hydrogen) atoms. The summed E-state index contributed by atoms with van der Waals surface area (Å²) in [6.45, 7) is 5.23. The molecular weight excluding hydrogens is 268 g/mol. The van der Waals surface area contributed by atoms with Crippen LogP contribution in [0.1, 0.15) is 20.3 Å². The van der Waals surface area contributed by atoms with Crippen LogP contribution in [0.5, 0.6) is 6.01 Å². The minimum absolute atomic E-state index is 0.273. The van der Waals surface area contributed by atoms with Crippen LogP contribution in [0.4, 0.5) is 5.95 Å². The third-order valence-electron chi connectivity index (χ3n) is 2.13. The zero-order chi connectivity index (χ0) is 13.7. The first kappa shape index (κ1) is 13.5. The highest BCUT2D eigenvalue weighted by atomic mass is 35.5. The molecule has 0 radical (unpaired) electrons. The molecule has 0 aliphatic heterocycles. The van der Waals surface area contributed by atoms with Crippen molar-refractivity contribution in [2.45, 2.75) is 20.3 Å². The number of hydrogen-bond donors (Lipinski definition) is 1. The predicted octanol–water partition coefficient (Wildman–Crippen LogP) is 1.93. The van der Waals surface area contributed by atoms with Crippen molar-refractivity contribution in [1.82, 2.24) is 24.7 Å². The van der Waals surface area contributed by atoms with Gasteiger partial charge in [0.15, 0.2) is 0 Å². The first-order valence-corrected chi connectivity index (χ1v) is 6.44. The summed E-state index contributed by atoms with van der Waals surface area (Å²) in [5.41, 5.74) is 0. The van der Waals surface area contributed by atoms with E-state index in [4.69, 9.17) is 16.3 Å². The highest BCUT2D eigenvalue weighted by Gasteiger charge is 2.09. The lowest BCUT2D eigenvalue weighted by atomic mass is 10.5. The molecule has 0 saturated carbocycles. The maximum atomic E-state index is 5.83. The molecule has 0 aliphatic rings. The topological polar surface area (TPSA) is 77.8 Å². The molecule has 1 N–H and O–H groups in total. The molecule has 8 heteroatoms. The lowest BCUT2D eigenvalue weighted by Gasteiger charge is -2.07. The molecule has 2 aromatic rings. The van der Waals surface area contributed by atoms with Crippen LogP contribution in [0.3, 0.4) is 0 Å². The molecule has 0 unspecified atom stereocenters. The van der Waals surface area contributed by atoms with Crippen molar-refractivity contribution in [3.8, 4) is 12.0 Å². The lowest BCUT2D eigenvalue weighted by Crippen LogP contribution is -2.11. The molecule has 0 atom stereocenters. The van der Waals surface area contributed by atoms with Gasteiger partial charge in [0.25, 0.3) is 5.95 Å². The third kappa shape index (κ3) is 3.54. The second-order valence-electron chi connectivity index (χ2n) is 3.72. The molecule has 0 spiro atoms. The summed E-state index contributed by atoms with van der Waals surface area (Å²) in [4.78, 5) is 12.6. The summed E-state index contributed by atoms with van der Waals surface area (Å²) in [7, 11) is 0.